The Balaban J connectivity index is 1.50. The molecule has 3 rings (SSSR count). The quantitative estimate of drug-likeness (QED) is 0.103. The summed E-state index contributed by atoms with van der Waals surface area (Å²) in [6.07, 6.45) is 10.6. The third kappa shape index (κ3) is 12.0. The van der Waals surface area contributed by atoms with Gasteiger partial charge in [-0.1, -0.05) is 39.5 Å². The van der Waals surface area contributed by atoms with E-state index in [0.29, 0.717) is 17.3 Å². The van der Waals surface area contributed by atoms with E-state index in [9.17, 15) is 21.6 Å². The summed E-state index contributed by atoms with van der Waals surface area (Å²) in [6, 6.07) is 17.2. The second-order valence-electron chi connectivity index (χ2n) is 10.5. The van der Waals surface area contributed by atoms with Gasteiger partial charge in [0.05, 0.1) is 22.3 Å². The molecule has 0 unspecified atom stereocenters. The Kier molecular flexibility index (Phi) is 13.6. The normalized spacial score (nSPS) is 11.5. The third-order valence-electron chi connectivity index (χ3n) is 6.98. The van der Waals surface area contributed by atoms with Crippen molar-refractivity contribution >= 4 is 43.1 Å². The molecule has 3 aromatic rings. The van der Waals surface area contributed by atoms with E-state index in [2.05, 4.69) is 47.0 Å². The van der Waals surface area contributed by atoms with Gasteiger partial charge < -0.3 is 0 Å². The molecule has 4 N–H and O–H groups in total. The van der Waals surface area contributed by atoms with E-state index >= 15 is 0 Å². The van der Waals surface area contributed by atoms with E-state index in [4.69, 9.17) is 9.55 Å². The summed E-state index contributed by atoms with van der Waals surface area (Å²) in [7, 11) is -7.92. The van der Waals surface area contributed by atoms with E-state index in [-0.39, 0.29) is 29.3 Å². The number of amides is 1. The summed E-state index contributed by atoms with van der Waals surface area (Å²) in [6.45, 7) is 4.66. The second kappa shape index (κ2) is 17.3. The van der Waals surface area contributed by atoms with E-state index in [1.54, 1.807) is 18.2 Å². The first-order valence-electron chi connectivity index (χ1n) is 14.9. The number of sulfonamides is 1. The molecule has 45 heavy (non-hydrogen) atoms. The van der Waals surface area contributed by atoms with Crippen molar-refractivity contribution in [3.63, 3.8) is 0 Å². The Hall–Kier alpha value is -4.19. The van der Waals surface area contributed by atoms with E-state index in [0.717, 1.165) is 25.7 Å². The highest BCUT2D eigenvalue weighted by molar-refractivity contribution is 7.92. The highest BCUT2D eigenvalue weighted by Gasteiger charge is 2.19. The minimum Gasteiger partial charge on any atom is -0.299 e. The van der Waals surface area contributed by atoms with Gasteiger partial charge in [0, 0.05) is 17.8 Å². The number of carbonyl (C=O) groups is 1. The molecule has 12 nitrogen and oxygen atoms in total. The van der Waals surface area contributed by atoms with Crippen LogP contribution in [0.5, 0.6) is 0 Å². The van der Waals surface area contributed by atoms with Crippen molar-refractivity contribution in [3.8, 4) is 6.07 Å². The van der Waals surface area contributed by atoms with Crippen molar-refractivity contribution < 1.29 is 30.5 Å². The molecule has 0 atom stereocenters. The molecule has 14 heteroatoms. The molecule has 1 heterocycles. The van der Waals surface area contributed by atoms with Crippen molar-refractivity contribution in [3.05, 3.63) is 78.6 Å². The molecule has 0 saturated heterocycles. The lowest BCUT2D eigenvalue weighted by Gasteiger charge is -2.16. The van der Waals surface area contributed by atoms with Gasteiger partial charge in [-0.05, 0) is 72.9 Å². The van der Waals surface area contributed by atoms with E-state index < -0.39 is 26.0 Å². The van der Waals surface area contributed by atoms with Gasteiger partial charge >= 0.3 is 10.1 Å². The van der Waals surface area contributed by atoms with Crippen LogP contribution in [-0.4, -0.2) is 28.5 Å². The first-order chi connectivity index (χ1) is 21.5. The summed E-state index contributed by atoms with van der Waals surface area (Å²) in [5.41, 5.74) is 9.64. The molecule has 0 fully saturated rings. The van der Waals surface area contributed by atoms with Crippen LogP contribution in [0, 0.1) is 11.3 Å². The van der Waals surface area contributed by atoms with Crippen LogP contribution in [0.4, 0.5) is 17.1 Å². The third-order valence-corrected chi connectivity index (χ3v) is 9.39. The van der Waals surface area contributed by atoms with Crippen molar-refractivity contribution in [1.82, 2.24) is 5.43 Å². The highest BCUT2D eigenvalue weighted by Crippen LogP contribution is 2.27. The zero-order valence-corrected chi connectivity index (χ0v) is 27.2. The summed E-state index contributed by atoms with van der Waals surface area (Å²) in [5, 5.41) is 8.50. The monoisotopic (exact) mass is 657 g/mol. The number of aromatic nitrogens is 1. The number of hydrogen-bond acceptors (Lipinski definition) is 9. The fourth-order valence-corrected chi connectivity index (χ4v) is 6.27. The van der Waals surface area contributed by atoms with Crippen LogP contribution in [0.3, 0.4) is 0 Å². The van der Waals surface area contributed by atoms with Crippen LogP contribution in [-0.2, 0) is 35.8 Å². The zero-order valence-electron chi connectivity index (χ0n) is 25.5. The average molecular weight is 658 g/mol. The van der Waals surface area contributed by atoms with Gasteiger partial charge in [-0.25, -0.2) is 18.5 Å². The molecule has 2 aromatic carbocycles. The molecule has 0 aliphatic heterocycles. The molecule has 0 spiro atoms. The Bertz CT molecular complexity index is 1620. The lowest BCUT2D eigenvalue weighted by atomic mass is 9.90. The highest BCUT2D eigenvalue weighted by atomic mass is 32.2. The van der Waals surface area contributed by atoms with Crippen LogP contribution < -0.4 is 25.6 Å². The van der Waals surface area contributed by atoms with Crippen molar-refractivity contribution in [2.75, 3.05) is 21.4 Å². The van der Waals surface area contributed by atoms with Gasteiger partial charge in [-0.3, -0.25) is 20.4 Å². The number of nitrogens with zero attached hydrogens (tertiary/aromatic N) is 2. The number of aryl methyl sites for hydroxylation is 1. The number of anilines is 3. The number of rotatable bonds is 19. The number of hydrazine groups is 1. The average Bonchev–Trinajstić information content (AvgIpc) is 3.03. The summed E-state index contributed by atoms with van der Waals surface area (Å²) < 4.78 is 60.0. The minimum atomic E-state index is -4.22. The van der Waals surface area contributed by atoms with Gasteiger partial charge in [0.1, 0.15) is 12.2 Å². The number of nitrogens with one attached hydrogen (secondary N) is 4. The largest absolute Gasteiger partial charge is 0.317 e. The fourth-order valence-electron chi connectivity index (χ4n) is 4.45. The first kappa shape index (κ1) is 35.3. The van der Waals surface area contributed by atoms with E-state index in [1.165, 1.54) is 54.8 Å². The van der Waals surface area contributed by atoms with Gasteiger partial charge in [0.2, 0.25) is 10.0 Å². The molecule has 1 aromatic heterocycles. The minimum absolute atomic E-state index is 0.153. The maximum atomic E-state index is 12.7. The van der Waals surface area contributed by atoms with Crippen molar-refractivity contribution in [1.29, 1.82) is 5.26 Å². The number of nitriles is 1. The van der Waals surface area contributed by atoms with Crippen molar-refractivity contribution in [2.45, 2.75) is 76.2 Å². The predicted molar refractivity (Wildman–Crippen MR) is 173 cm³/mol. The van der Waals surface area contributed by atoms with Crippen LogP contribution in [0.2, 0.25) is 0 Å². The maximum Gasteiger partial charge on any atom is 0.317 e. The SMILES string of the molecule is CCCCC(CCCC)c1cc[n+](CCS(=O)(=O)Nc2ccc(S(=O)(=O)ONc3ccc(NNC(=O)CC#N)cc3)cc2)cc1. The molecule has 0 saturated carbocycles. The summed E-state index contributed by atoms with van der Waals surface area (Å²) in [5.74, 6) is -0.133. The molecule has 1 amide bonds. The first-order valence-corrected chi connectivity index (χ1v) is 17.9. The second-order valence-corrected chi connectivity index (χ2v) is 13.9. The van der Waals surface area contributed by atoms with Gasteiger partial charge in [-0.15, -0.1) is 4.28 Å². The molecule has 242 valence electrons. The van der Waals surface area contributed by atoms with Crippen LogP contribution in [0.15, 0.2) is 78.0 Å². The lowest BCUT2D eigenvalue weighted by Crippen LogP contribution is -2.37. The number of unbranched alkanes of at least 4 members (excludes halogenated alkanes) is 2. The van der Waals surface area contributed by atoms with Gasteiger partial charge in [0.15, 0.2) is 18.9 Å². The molecular weight excluding hydrogens is 617 g/mol. The topological polar surface area (TPSA) is 170 Å². The Morgan fingerprint density at radius 3 is 2.02 bits per heavy atom. The summed E-state index contributed by atoms with van der Waals surface area (Å²) >= 11 is 0. The molecular formula is C31H41N6O6S2+. The number of pyridine rings is 1. The molecule has 0 aliphatic rings. The van der Waals surface area contributed by atoms with Crippen LogP contribution >= 0.6 is 0 Å². The summed E-state index contributed by atoms with van der Waals surface area (Å²) in [4.78, 5) is 11.2. The van der Waals surface area contributed by atoms with Gasteiger partial charge in [-0.2, -0.15) is 13.7 Å². The van der Waals surface area contributed by atoms with Crippen LogP contribution in [0.1, 0.15) is 70.3 Å². The van der Waals surface area contributed by atoms with Crippen molar-refractivity contribution in [2.24, 2.45) is 0 Å². The van der Waals surface area contributed by atoms with E-state index in [1.807, 2.05) is 17.0 Å². The number of benzene rings is 2. The standard InChI is InChI=1S/C31H40N6O6S2/c1-3-5-7-25(8-6-4-2)26-18-21-37(22-19-26)23-24-44(39,40)36-29-13-15-30(16-14-29)45(41,42)43-35-28-11-9-27(10-12-28)33-34-31(38)17-20-32/h9-16,18-19,21-22,25,33,35-36H,3-8,17,23-24H2,1-2H3/p+1. The number of carbonyl (C=O) groups excluding carboxylic acids is 1. The fraction of sp³-hybridized carbons (Fsp3) is 0.387. The number of hydrogen-bond donors (Lipinski definition) is 4. The van der Waals surface area contributed by atoms with Crippen LogP contribution in [0.25, 0.3) is 0 Å². The Morgan fingerprint density at radius 2 is 1.44 bits per heavy atom. The predicted octanol–water partition coefficient (Wildman–Crippen LogP) is 4.97. The lowest BCUT2D eigenvalue weighted by molar-refractivity contribution is -0.692. The Labute approximate surface area is 265 Å². The Morgan fingerprint density at radius 1 is 0.867 bits per heavy atom. The smallest absolute Gasteiger partial charge is 0.299 e. The molecule has 0 aliphatic carbocycles. The zero-order chi connectivity index (χ0) is 32.7. The molecule has 0 bridgehead atoms. The molecule has 0 radical (unpaired) electrons. The van der Waals surface area contributed by atoms with Gasteiger partial charge in [0.25, 0.3) is 5.91 Å². The maximum absolute atomic E-state index is 12.7.